The maximum Gasteiger partial charge on any atom is 0.256 e. The number of anilines is 1. The predicted octanol–water partition coefficient (Wildman–Crippen LogP) is 0.689. The van der Waals surface area contributed by atoms with Gasteiger partial charge in [-0.15, -0.1) is 0 Å². The number of nitrogens with two attached hydrogens (primary N) is 1. The largest absolute Gasteiger partial charge is 0.299 e. The van der Waals surface area contributed by atoms with Gasteiger partial charge in [0.05, 0.1) is 5.41 Å². The first-order valence-electron chi connectivity index (χ1n) is 5.85. The molecule has 0 bridgehead atoms. The monoisotopic (exact) mass is 247 g/mol. The number of amides is 2. The molecule has 18 heavy (non-hydrogen) atoms. The molecule has 1 aliphatic rings. The third kappa shape index (κ3) is 1.59. The van der Waals surface area contributed by atoms with Crippen molar-refractivity contribution in [1.82, 2.24) is 5.43 Å². The molecule has 96 valence electrons. The molecule has 0 radical (unpaired) electrons. The Labute approximate surface area is 106 Å². The Kier molecular flexibility index (Phi) is 2.86. The molecule has 3 N–H and O–H groups in total. The van der Waals surface area contributed by atoms with Gasteiger partial charge in [-0.3, -0.25) is 19.9 Å². The fourth-order valence-corrected chi connectivity index (χ4v) is 2.36. The van der Waals surface area contributed by atoms with Crippen molar-refractivity contribution >= 4 is 17.5 Å². The second kappa shape index (κ2) is 4.10. The number of para-hydroxylation sites is 1. The van der Waals surface area contributed by atoms with Crippen LogP contribution in [0.25, 0.3) is 0 Å². The molecule has 1 unspecified atom stereocenters. The number of nitrogens with one attached hydrogen (secondary N) is 1. The van der Waals surface area contributed by atoms with E-state index < -0.39 is 11.5 Å². The second-order valence-corrected chi connectivity index (χ2v) is 5.00. The van der Waals surface area contributed by atoms with E-state index in [1.807, 2.05) is 38.1 Å². The maximum atomic E-state index is 12.5. The summed E-state index contributed by atoms with van der Waals surface area (Å²) < 4.78 is 0. The lowest BCUT2D eigenvalue weighted by Gasteiger charge is -2.25. The molecule has 1 aromatic rings. The molecule has 5 heteroatoms. The summed E-state index contributed by atoms with van der Waals surface area (Å²) in [6.45, 7) is 5.39. The van der Waals surface area contributed by atoms with Crippen LogP contribution in [-0.2, 0) is 15.0 Å². The van der Waals surface area contributed by atoms with Crippen molar-refractivity contribution in [2.24, 2.45) is 5.84 Å². The normalized spacial score (nSPS) is 18.4. The lowest BCUT2D eigenvalue weighted by atomic mass is 9.86. The van der Waals surface area contributed by atoms with E-state index in [1.54, 1.807) is 6.92 Å². The summed E-state index contributed by atoms with van der Waals surface area (Å²) in [5.74, 6) is 4.67. The van der Waals surface area contributed by atoms with Crippen LogP contribution in [0.2, 0.25) is 0 Å². The van der Waals surface area contributed by atoms with E-state index in [-0.39, 0.29) is 11.8 Å². The quantitative estimate of drug-likeness (QED) is 0.458. The highest BCUT2D eigenvalue weighted by atomic mass is 16.2. The highest BCUT2D eigenvalue weighted by Crippen LogP contribution is 2.42. The molecule has 5 nitrogen and oxygen atoms in total. The molecule has 1 aromatic carbocycles. The van der Waals surface area contributed by atoms with Crippen molar-refractivity contribution in [2.45, 2.75) is 32.2 Å². The Hall–Kier alpha value is -1.88. The second-order valence-electron chi connectivity index (χ2n) is 5.00. The molecule has 1 aliphatic heterocycles. The molecule has 2 rings (SSSR count). The molecule has 0 aliphatic carbocycles. The van der Waals surface area contributed by atoms with Gasteiger partial charge < -0.3 is 0 Å². The maximum absolute atomic E-state index is 12.5. The topological polar surface area (TPSA) is 75.4 Å². The van der Waals surface area contributed by atoms with E-state index in [4.69, 9.17) is 5.84 Å². The molecule has 0 saturated heterocycles. The Morgan fingerprint density at radius 1 is 1.39 bits per heavy atom. The number of benzene rings is 1. The van der Waals surface area contributed by atoms with Crippen molar-refractivity contribution in [3.8, 4) is 0 Å². The zero-order valence-electron chi connectivity index (χ0n) is 10.7. The minimum absolute atomic E-state index is 0.0835. The van der Waals surface area contributed by atoms with Gasteiger partial charge >= 0.3 is 0 Å². The Bertz CT molecular complexity index is 511. The van der Waals surface area contributed by atoms with Crippen LogP contribution in [-0.4, -0.2) is 17.9 Å². The average molecular weight is 247 g/mol. The summed E-state index contributed by atoms with van der Waals surface area (Å²) in [5.41, 5.74) is 3.19. The number of rotatable bonds is 2. The standard InChI is InChI=1S/C13H17N3O2/c1-8(11(17)15-14)16-10-7-5-4-6-9(10)13(2,3)12(16)18/h4-8H,14H2,1-3H3,(H,15,17). The summed E-state index contributed by atoms with van der Waals surface area (Å²) in [6, 6.07) is 6.90. The van der Waals surface area contributed by atoms with Crippen molar-refractivity contribution in [3.63, 3.8) is 0 Å². The van der Waals surface area contributed by atoms with Crippen molar-refractivity contribution in [2.75, 3.05) is 4.90 Å². The fraction of sp³-hybridized carbons (Fsp3) is 0.385. The van der Waals surface area contributed by atoms with E-state index in [9.17, 15) is 9.59 Å². The third-order valence-electron chi connectivity index (χ3n) is 3.50. The molecular formula is C13H17N3O2. The van der Waals surface area contributed by atoms with Crippen LogP contribution in [0.1, 0.15) is 26.3 Å². The zero-order valence-corrected chi connectivity index (χ0v) is 10.7. The van der Waals surface area contributed by atoms with Crippen molar-refractivity contribution in [1.29, 1.82) is 0 Å². The molecule has 1 heterocycles. The first kappa shape index (κ1) is 12.6. The molecule has 0 aromatic heterocycles. The van der Waals surface area contributed by atoms with Gasteiger partial charge in [0.15, 0.2) is 0 Å². The van der Waals surface area contributed by atoms with Crippen LogP contribution in [0.3, 0.4) is 0 Å². The number of hydrogen-bond acceptors (Lipinski definition) is 3. The highest BCUT2D eigenvalue weighted by Gasteiger charge is 2.46. The van der Waals surface area contributed by atoms with Gasteiger partial charge in [-0.2, -0.15) is 0 Å². The van der Waals surface area contributed by atoms with Gasteiger partial charge in [-0.25, -0.2) is 5.84 Å². The fourth-order valence-electron chi connectivity index (χ4n) is 2.36. The highest BCUT2D eigenvalue weighted by molar-refractivity contribution is 6.11. The summed E-state index contributed by atoms with van der Waals surface area (Å²) in [4.78, 5) is 25.6. The van der Waals surface area contributed by atoms with Gasteiger partial charge in [-0.1, -0.05) is 18.2 Å². The number of carbonyl (C=O) groups excluding carboxylic acids is 2. The Morgan fingerprint density at radius 3 is 2.61 bits per heavy atom. The van der Waals surface area contributed by atoms with Crippen LogP contribution >= 0.6 is 0 Å². The number of hydrazine groups is 1. The minimum Gasteiger partial charge on any atom is -0.299 e. The first-order chi connectivity index (χ1) is 8.41. The molecule has 0 spiro atoms. The lowest BCUT2D eigenvalue weighted by Crippen LogP contribution is -2.50. The zero-order chi connectivity index (χ0) is 13.5. The molecular weight excluding hydrogens is 230 g/mol. The number of fused-ring (bicyclic) bond motifs is 1. The van der Waals surface area contributed by atoms with Crippen LogP contribution in [0.4, 0.5) is 5.69 Å². The van der Waals surface area contributed by atoms with Gasteiger partial charge in [0.1, 0.15) is 6.04 Å². The van der Waals surface area contributed by atoms with Crippen LogP contribution in [0.15, 0.2) is 24.3 Å². The van der Waals surface area contributed by atoms with Gasteiger partial charge in [0.25, 0.3) is 5.91 Å². The van der Waals surface area contributed by atoms with Crippen LogP contribution in [0, 0.1) is 0 Å². The van der Waals surface area contributed by atoms with Crippen LogP contribution < -0.4 is 16.2 Å². The van der Waals surface area contributed by atoms with E-state index in [0.717, 1.165) is 11.3 Å². The molecule has 0 saturated carbocycles. The number of nitrogens with zero attached hydrogens (tertiary/aromatic N) is 1. The first-order valence-corrected chi connectivity index (χ1v) is 5.85. The number of hydrogen-bond donors (Lipinski definition) is 2. The summed E-state index contributed by atoms with van der Waals surface area (Å²) in [7, 11) is 0. The van der Waals surface area contributed by atoms with Gasteiger partial charge in [0.2, 0.25) is 5.91 Å². The van der Waals surface area contributed by atoms with E-state index in [0.29, 0.717) is 0 Å². The predicted molar refractivity (Wildman–Crippen MR) is 68.7 cm³/mol. The molecule has 1 atom stereocenters. The smallest absolute Gasteiger partial charge is 0.256 e. The van der Waals surface area contributed by atoms with E-state index in [1.165, 1.54) is 4.90 Å². The Balaban J connectivity index is 2.51. The Morgan fingerprint density at radius 2 is 2.00 bits per heavy atom. The van der Waals surface area contributed by atoms with E-state index >= 15 is 0 Å². The van der Waals surface area contributed by atoms with Crippen molar-refractivity contribution in [3.05, 3.63) is 29.8 Å². The lowest BCUT2D eigenvalue weighted by molar-refractivity contribution is -0.127. The SMILES string of the molecule is CC(C(=O)NN)N1C(=O)C(C)(C)c2ccccc21. The third-order valence-corrected chi connectivity index (χ3v) is 3.50. The average Bonchev–Trinajstić information content (AvgIpc) is 2.57. The van der Waals surface area contributed by atoms with Gasteiger partial charge in [0, 0.05) is 5.69 Å². The van der Waals surface area contributed by atoms with E-state index in [2.05, 4.69) is 5.43 Å². The molecule has 2 amide bonds. The van der Waals surface area contributed by atoms with Crippen molar-refractivity contribution < 1.29 is 9.59 Å². The number of carbonyl (C=O) groups is 2. The minimum atomic E-state index is -0.620. The van der Waals surface area contributed by atoms with Gasteiger partial charge in [-0.05, 0) is 32.4 Å². The summed E-state index contributed by atoms with van der Waals surface area (Å²) in [6.07, 6.45) is 0. The summed E-state index contributed by atoms with van der Waals surface area (Å²) >= 11 is 0. The van der Waals surface area contributed by atoms with Crippen LogP contribution in [0.5, 0.6) is 0 Å². The summed E-state index contributed by atoms with van der Waals surface area (Å²) in [5, 5.41) is 0. The molecule has 0 fully saturated rings.